The van der Waals surface area contributed by atoms with Crippen molar-refractivity contribution in [1.82, 2.24) is 0 Å². The maximum absolute atomic E-state index is 10.5. The lowest BCUT2D eigenvalue weighted by molar-refractivity contribution is 0.0987. The van der Waals surface area contributed by atoms with Crippen LogP contribution in [0.2, 0.25) is 0 Å². The smallest absolute Gasteiger partial charge is 0.0818 e. The maximum atomic E-state index is 10.5. The van der Waals surface area contributed by atoms with Crippen molar-refractivity contribution in [2.24, 2.45) is 5.92 Å². The topological polar surface area (TPSA) is 20.2 Å². The van der Waals surface area contributed by atoms with Crippen molar-refractivity contribution >= 4 is 15.9 Å². The third kappa shape index (κ3) is 3.32. The molecule has 0 aromatic heterocycles. The van der Waals surface area contributed by atoms with Crippen molar-refractivity contribution in [2.75, 3.05) is 0 Å². The fourth-order valence-corrected chi connectivity index (χ4v) is 3.00. The number of aliphatic hydroxyl groups is 1. The molecule has 0 bridgehead atoms. The van der Waals surface area contributed by atoms with Crippen LogP contribution in [0, 0.1) is 12.8 Å². The second kappa shape index (κ2) is 6.01. The Kier molecular flexibility index (Phi) is 4.63. The lowest BCUT2D eigenvalue weighted by Crippen LogP contribution is -2.12. The van der Waals surface area contributed by atoms with Crippen molar-refractivity contribution in [1.29, 1.82) is 0 Å². The van der Waals surface area contributed by atoms with Crippen LogP contribution in [0.25, 0.3) is 0 Å². The molecule has 1 aromatic rings. The largest absolute Gasteiger partial charge is 0.388 e. The Morgan fingerprint density at radius 2 is 1.82 bits per heavy atom. The Balaban J connectivity index is 2.11. The molecule has 0 amide bonds. The first kappa shape index (κ1) is 13.1. The van der Waals surface area contributed by atoms with Gasteiger partial charge in [-0.2, -0.15) is 0 Å². The molecule has 2 heteroatoms. The molecule has 0 spiro atoms. The number of hydrogen-bond donors (Lipinski definition) is 1. The molecule has 94 valence electrons. The Morgan fingerprint density at radius 3 is 2.41 bits per heavy atom. The van der Waals surface area contributed by atoms with Crippen LogP contribution in [-0.2, 0) is 0 Å². The number of benzene rings is 1. The summed E-state index contributed by atoms with van der Waals surface area (Å²) in [6, 6.07) is 6.21. The molecular formula is C15H21BrO. The van der Waals surface area contributed by atoms with Crippen molar-refractivity contribution in [3.63, 3.8) is 0 Å². The van der Waals surface area contributed by atoms with E-state index < -0.39 is 0 Å². The zero-order valence-electron chi connectivity index (χ0n) is 10.5. The molecule has 1 aliphatic carbocycles. The van der Waals surface area contributed by atoms with Crippen LogP contribution in [0.4, 0.5) is 0 Å². The summed E-state index contributed by atoms with van der Waals surface area (Å²) < 4.78 is 1.12. The van der Waals surface area contributed by atoms with Gasteiger partial charge in [0.2, 0.25) is 0 Å². The SMILES string of the molecule is Cc1cc(C(O)C2CCCCCC2)ccc1Br. The number of rotatable bonds is 2. The van der Waals surface area contributed by atoms with Crippen LogP contribution in [-0.4, -0.2) is 5.11 Å². The van der Waals surface area contributed by atoms with E-state index in [0.29, 0.717) is 5.92 Å². The second-order valence-corrected chi connectivity index (χ2v) is 6.06. The third-order valence-corrected chi connectivity index (χ3v) is 4.76. The fourth-order valence-electron chi connectivity index (χ4n) is 2.75. The quantitative estimate of drug-likeness (QED) is 0.780. The summed E-state index contributed by atoms with van der Waals surface area (Å²) in [7, 11) is 0. The molecule has 1 N–H and O–H groups in total. The van der Waals surface area contributed by atoms with E-state index in [2.05, 4.69) is 28.9 Å². The predicted octanol–water partition coefficient (Wildman–Crippen LogP) is 4.76. The Bertz CT molecular complexity index is 367. The van der Waals surface area contributed by atoms with Crippen molar-refractivity contribution in [2.45, 2.75) is 51.6 Å². The van der Waals surface area contributed by atoms with Crippen LogP contribution < -0.4 is 0 Å². The molecule has 0 aliphatic heterocycles. The molecule has 1 fully saturated rings. The first-order chi connectivity index (χ1) is 8.18. The van der Waals surface area contributed by atoms with Gasteiger partial charge in [0.25, 0.3) is 0 Å². The fraction of sp³-hybridized carbons (Fsp3) is 0.600. The minimum absolute atomic E-state index is 0.278. The minimum atomic E-state index is -0.278. The molecule has 0 saturated heterocycles. The van der Waals surface area contributed by atoms with E-state index in [0.717, 1.165) is 10.0 Å². The number of hydrogen-bond acceptors (Lipinski definition) is 1. The molecule has 17 heavy (non-hydrogen) atoms. The summed E-state index contributed by atoms with van der Waals surface area (Å²) in [5.41, 5.74) is 2.28. The summed E-state index contributed by atoms with van der Waals surface area (Å²) in [5, 5.41) is 10.5. The van der Waals surface area contributed by atoms with Crippen LogP contribution in [0.15, 0.2) is 22.7 Å². The van der Waals surface area contributed by atoms with Crippen LogP contribution in [0.1, 0.15) is 55.8 Å². The zero-order valence-corrected chi connectivity index (χ0v) is 12.0. The zero-order chi connectivity index (χ0) is 12.3. The number of aryl methyl sites for hydroxylation is 1. The highest BCUT2D eigenvalue weighted by Gasteiger charge is 2.22. The summed E-state index contributed by atoms with van der Waals surface area (Å²) >= 11 is 3.51. The lowest BCUT2D eigenvalue weighted by atomic mass is 9.89. The van der Waals surface area contributed by atoms with Crippen molar-refractivity contribution < 1.29 is 5.11 Å². The van der Waals surface area contributed by atoms with Gasteiger partial charge in [0, 0.05) is 4.47 Å². The Hall–Kier alpha value is -0.340. The van der Waals surface area contributed by atoms with E-state index in [1.807, 2.05) is 12.1 Å². The summed E-state index contributed by atoms with van der Waals surface area (Å²) in [6.45, 7) is 2.08. The van der Waals surface area contributed by atoms with E-state index >= 15 is 0 Å². The number of aliphatic hydroxyl groups excluding tert-OH is 1. The van der Waals surface area contributed by atoms with E-state index in [1.165, 1.54) is 44.1 Å². The minimum Gasteiger partial charge on any atom is -0.388 e. The van der Waals surface area contributed by atoms with Gasteiger partial charge >= 0.3 is 0 Å². The molecule has 1 aromatic carbocycles. The van der Waals surface area contributed by atoms with Gasteiger partial charge in [0.05, 0.1) is 6.10 Å². The predicted molar refractivity (Wildman–Crippen MR) is 75.0 cm³/mol. The van der Waals surface area contributed by atoms with E-state index in [1.54, 1.807) is 0 Å². The van der Waals surface area contributed by atoms with Gasteiger partial charge in [0.1, 0.15) is 0 Å². The molecule has 0 heterocycles. The molecule has 2 rings (SSSR count). The molecular weight excluding hydrogens is 276 g/mol. The summed E-state index contributed by atoms with van der Waals surface area (Å²) in [6.07, 6.45) is 7.30. The highest BCUT2D eigenvalue weighted by Crippen LogP contribution is 2.34. The van der Waals surface area contributed by atoms with Crippen molar-refractivity contribution in [3.8, 4) is 0 Å². The Labute approximate surface area is 112 Å². The highest BCUT2D eigenvalue weighted by atomic mass is 79.9. The van der Waals surface area contributed by atoms with Gasteiger partial charge in [0.15, 0.2) is 0 Å². The molecule has 1 saturated carbocycles. The van der Waals surface area contributed by atoms with Gasteiger partial charge in [-0.05, 0) is 42.9 Å². The normalized spacial score (nSPS) is 19.9. The van der Waals surface area contributed by atoms with Crippen molar-refractivity contribution in [3.05, 3.63) is 33.8 Å². The van der Waals surface area contributed by atoms with Gasteiger partial charge in [-0.25, -0.2) is 0 Å². The van der Waals surface area contributed by atoms with E-state index in [-0.39, 0.29) is 6.10 Å². The molecule has 1 atom stereocenters. The first-order valence-corrected chi connectivity index (χ1v) is 7.42. The van der Waals surface area contributed by atoms with Crippen LogP contribution in [0.3, 0.4) is 0 Å². The monoisotopic (exact) mass is 296 g/mol. The summed E-state index contributed by atoms with van der Waals surface area (Å²) in [4.78, 5) is 0. The number of halogens is 1. The first-order valence-electron chi connectivity index (χ1n) is 6.62. The van der Waals surface area contributed by atoms with Crippen LogP contribution >= 0.6 is 15.9 Å². The van der Waals surface area contributed by atoms with Gasteiger partial charge in [-0.3, -0.25) is 0 Å². The third-order valence-electron chi connectivity index (χ3n) is 3.87. The average molecular weight is 297 g/mol. The molecule has 1 aliphatic rings. The standard InChI is InChI=1S/C15H21BrO/c1-11-10-13(8-9-14(11)16)15(17)12-6-4-2-3-5-7-12/h8-10,12,15,17H,2-7H2,1H3. The van der Waals surface area contributed by atoms with Crippen LogP contribution in [0.5, 0.6) is 0 Å². The molecule has 0 radical (unpaired) electrons. The van der Waals surface area contributed by atoms with Gasteiger partial charge in [-0.15, -0.1) is 0 Å². The van der Waals surface area contributed by atoms with Gasteiger partial charge < -0.3 is 5.11 Å². The van der Waals surface area contributed by atoms with Gasteiger partial charge in [-0.1, -0.05) is 53.7 Å². The average Bonchev–Trinajstić information content (AvgIpc) is 2.60. The molecule has 1 nitrogen and oxygen atoms in total. The highest BCUT2D eigenvalue weighted by molar-refractivity contribution is 9.10. The maximum Gasteiger partial charge on any atom is 0.0818 e. The lowest BCUT2D eigenvalue weighted by Gasteiger charge is -2.22. The second-order valence-electron chi connectivity index (χ2n) is 5.21. The summed E-state index contributed by atoms with van der Waals surface area (Å²) in [5.74, 6) is 0.457. The van der Waals surface area contributed by atoms with E-state index in [9.17, 15) is 5.11 Å². The Morgan fingerprint density at radius 1 is 1.18 bits per heavy atom. The van der Waals surface area contributed by atoms with E-state index in [4.69, 9.17) is 0 Å². The molecule has 1 unspecified atom stereocenters.